The zero-order chi connectivity index (χ0) is 18.5. The smallest absolute Gasteiger partial charge is 0.165 e. The second-order valence-electron chi connectivity index (χ2n) is 6.53. The molecule has 0 spiro atoms. The highest BCUT2D eigenvalue weighted by Gasteiger charge is 2.17. The third-order valence-corrected chi connectivity index (χ3v) is 4.68. The number of fused-ring (bicyclic) bond motifs is 1. The summed E-state index contributed by atoms with van der Waals surface area (Å²) in [6, 6.07) is 27.8. The fourth-order valence-electron chi connectivity index (χ4n) is 3.26. The van der Waals surface area contributed by atoms with Gasteiger partial charge in [-0.05, 0) is 40.6 Å². The van der Waals surface area contributed by atoms with Crippen molar-refractivity contribution >= 4 is 22.2 Å². The van der Waals surface area contributed by atoms with Crippen LogP contribution in [0.25, 0.3) is 10.8 Å². The number of pyridine rings is 1. The van der Waals surface area contributed by atoms with Crippen molar-refractivity contribution in [2.75, 3.05) is 5.32 Å². The van der Waals surface area contributed by atoms with Crippen LogP contribution < -0.4 is 5.32 Å². The number of carbonyl (C=O) groups is 1. The molecule has 1 heterocycles. The molecule has 0 aliphatic carbocycles. The molecule has 4 aromatic rings. The first-order valence-electron chi connectivity index (χ1n) is 9.03. The molecule has 1 atom stereocenters. The Bertz CT molecular complexity index is 1050. The van der Waals surface area contributed by atoms with E-state index in [2.05, 4.69) is 40.6 Å². The third kappa shape index (κ3) is 4.04. The van der Waals surface area contributed by atoms with E-state index in [4.69, 9.17) is 0 Å². The highest BCUT2D eigenvalue weighted by atomic mass is 16.1. The summed E-state index contributed by atoms with van der Waals surface area (Å²) in [5.74, 6) is 0.116. The van der Waals surface area contributed by atoms with E-state index in [9.17, 15) is 4.79 Å². The molecule has 132 valence electrons. The number of nitrogens with one attached hydrogen (secondary N) is 1. The lowest BCUT2D eigenvalue weighted by molar-refractivity contribution is 0.0976. The molecule has 0 saturated carbocycles. The van der Waals surface area contributed by atoms with Gasteiger partial charge in [0.2, 0.25) is 0 Å². The molecule has 0 saturated heterocycles. The Morgan fingerprint density at radius 1 is 0.815 bits per heavy atom. The van der Waals surface area contributed by atoms with Gasteiger partial charge in [0.15, 0.2) is 5.78 Å². The normalized spacial score (nSPS) is 11.9. The van der Waals surface area contributed by atoms with Gasteiger partial charge in [0.1, 0.15) is 0 Å². The van der Waals surface area contributed by atoms with E-state index in [1.54, 1.807) is 12.4 Å². The van der Waals surface area contributed by atoms with E-state index in [1.165, 1.54) is 10.8 Å². The standard InChI is InChI=1S/C24H20N2O/c27-24(20-7-2-1-3-8-20)17-23(19-12-14-25-15-13-19)26-22-11-10-18-6-4-5-9-21(18)16-22/h1-16,23,26H,17H2/t23-/m0/s1. The van der Waals surface area contributed by atoms with Gasteiger partial charge in [-0.15, -0.1) is 0 Å². The van der Waals surface area contributed by atoms with Gasteiger partial charge >= 0.3 is 0 Å². The van der Waals surface area contributed by atoms with Crippen LogP contribution in [0.4, 0.5) is 5.69 Å². The molecular weight excluding hydrogens is 332 g/mol. The van der Waals surface area contributed by atoms with Crippen LogP contribution in [0.3, 0.4) is 0 Å². The van der Waals surface area contributed by atoms with Crippen LogP contribution in [0.1, 0.15) is 28.4 Å². The molecule has 3 aromatic carbocycles. The minimum Gasteiger partial charge on any atom is -0.378 e. The van der Waals surface area contributed by atoms with Gasteiger partial charge in [-0.2, -0.15) is 0 Å². The molecule has 0 unspecified atom stereocenters. The maximum atomic E-state index is 12.8. The summed E-state index contributed by atoms with van der Waals surface area (Å²) in [5, 5.41) is 5.91. The van der Waals surface area contributed by atoms with Gasteiger partial charge in [0.05, 0.1) is 6.04 Å². The van der Waals surface area contributed by atoms with Gasteiger partial charge in [-0.25, -0.2) is 0 Å². The van der Waals surface area contributed by atoms with E-state index in [0.717, 1.165) is 16.8 Å². The summed E-state index contributed by atoms with van der Waals surface area (Å²) >= 11 is 0. The molecule has 0 aliphatic rings. The van der Waals surface area contributed by atoms with Gasteiger partial charge in [-0.1, -0.05) is 60.7 Å². The van der Waals surface area contributed by atoms with Gasteiger partial charge in [-0.3, -0.25) is 9.78 Å². The number of benzene rings is 3. The molecule has 1 aromatic heterocycles. The first-order valence-corrected chi connectivity index (χ1v) is 9.03. The average Bonchev–Trinajstić information content (AvgIpc) is 2.74. The largest absolute Gasteiger partial charge is 0.378 e. The lowest BCUT2D eigenvalue weighted by Gasteiger charge is -2.20. The van der Waals surface area contributed by atoms with Crippen LogP contribution in [-0.4, -0.2) is 10.8 Å². The number of rotatable bonds is 6. The Kier molecular flexibility index (Phi) is 4.93. The Balaban J connectivity index is 1.62. The molecule has 3 heteroatoms. The third-order valence-electron chi connectivity index (χ3n) is 4.68. The molecule has 3 nitrogen and oxygen atoms in total. The van der Waals surface area contributed by atoms with E-state index >= 15 is 0 Å². The number of carbonyl (C=O) groups excluding carboxylic acids is 1. The zero-order valence-corrected chi connectivity index (χ0v) is 14.9. The minimum absolute atomic E-state index is 0.116. The van der Waals surface area contributed by atoms with Gasteiger partial charge in [0, 0.05) is 30.1 Å². The minimum atomic E-state index is -0.123. The van der Waals surface area contributed by atoms with Crippen molar-refractivity contribution in [3.05, 3.63) is 108 Å². The first-order chi connectivity index (χ1) is 13.3. The van der Waals surface area contributed by atoms with Crippen molar-refractivity contribution in [2.45, 2.75) is 12.5 Å². The van der Waals surface area contributed by atoms with Crippen LogP contribution in [0.15, 0.2) is 97.3 Å². The predicted octanol–water partition coefficient (Wildman–Crippen LogP) is 5.66. The number of anilines is 1. The van der Waals surface area contributed by atoms with E-state index in [0.29, 0.717) is 6.42 Å². The number of Topliss-reactive ketones (excluding diaryl/α,β-unsaturated/α-hetero) is 1. The Morgan fingerprint density at radius 2 is 1.52 bits per heavy atom. The molecule has 27 heavy (non-hydrogen) atoms. The zero-order valence-electron chi connectivity index (χ0n) is 14.9. The second-order valence-corrected chi connectivity index (χ2v) is 6.53. The molecular formula is C24H20N2O. The molecule has 1 N–H and O–H groups in total. The molecule has 0 aliphatic heterocycles. The van der Waals surface area contributed by atoms with Crippen molar-refractivity contribution in [1.29, 1.82) is 0 Å². The number of aromatic nitrogens is 1. The Labute approximate surface area is 158 Å². The summed E-state index contributed by atoms with van der Waals surface area (Å²) in [7, 11) is 0. The molecule has 0 amide bonds. The number of nitrogens with zero attached hydrogens (tertiary/aromatic N) is 1. The number of hydrogen-bond acceptors (Lipinski definition) is 3. The van der Waals surface area contributed by atoms with Crippen LogP contribution in [0.5, 0.6) is 0 Å². The monoisotopic (exact) mass is 352 g/mol. The fourth-order valence-corrected chi connectivity index (χ4v) is 3.26. The summed E-state index contributed by atoms with van der Waals surface area (Å²) in [5.41, 5.74) is 2.77. The molecule has 0 bridgehead atoms. The first kappa shape index (κ1) is 17.0. The highest BCUT2D eigenvalue weighted by Crippen LogP contribution is 2.26. The Hall–Kier alpha value is -3.46. The maximum Gasteiger partial charge on any atom is 0.165 e. The molecule has 4 rings (SSSR count). The predicted molar refractivity (Wildman–Crippen MR) is 110 cm³/mol. The van der Waals surface area contributed by atoms with Crippen LogP contribution >= 0.6 is 0 Å². The van der Waals surface area contributed by atoms with Gasteiger partial charge in [0.25, 0.3) is 0 Å². The van der Waals surface area contributed by atoms with E-state index in [1.807, 2.05) is 54.6 Å². The average molecular weight is 352 g/mol. The molecule has 0 fully saturated rings. The maximum absolute atomic E-state index is 12.8. The Morgan fingerprint density at radius 3 is 2.30 bits per heavy atom. The van der Waals surface area contributed by atoms with Crippen molar-refractivity contribution in [3.63, 3.8) is 0 Å². The van der Waals surface area contributed by atoms with E-state index in [-0.39, 0.29) is 11.8 Å². The van der Waals surface area contributed by atoms with Gasteiger partial charge < -0.3 is 5.32 Å². The van der Waals surface area contributed by atoms with Crippen LogP contribution in [-0.2, 0) is 0 Å². The van der Waals surface area contributed by atoms with E-state index < -0.39 is 0 Å². The van der Waals surface area contributed by atoms with Crippen LogP contribution in [0.2, 0.25) is 0 Å². The summed E-state index contributed by atoms with van der Waals surface area (Å²) in [6.07, 6.45) is 3.90. The lowest BCUT2D eigenvalue weighted by atomic mass is 9.98. The topological polar surface area (TPSA) is 42.0 Å². The fraction of sp³-hybridized carbons (Fsp3) is 0.0833. The summed E-state index contributed by atoms with van der Waals surface area (Å²) in [6.45, 7) is 0. The number of hydrogen-bond donors (Lipinski definition) is 1. The summed E-state index contributed by atoms with van der Waals surface area (Å²) in [4.78, 5) is 16.9. The van der Waals surface area contributed by atoms with Crippen LogP contribution in [0, 0.1) is 0 Å². The van der Waals surface area contributed by atoms with Crippen molar-refractivity contribution in [3.8, 4) is 0 Å². The van der Waals surface area contributed by atoms with Crippen molar-refractivity contribution in [2.24, 2.45) is 0 Å². The molecule has 0 radical (unpaired) electrons. The lowest BCUT2D eigenvalue weighted by Crippen LogP contribution is -2.16. The number of ketones is 1. The van der Waals surface area contributed by atoms with Crippen molar-refractivity contribution in [1.82, 2.24) is 4.98 Å². The second kappa shape index (κ2) is 7.83. The van der Waals surface area contributed by atoms with Crippen molar-refractivity contribution < 1.29 is 4.79 Å². The summed E-state index contributed by atoms with van der Waals surface area (Å²) < 4.78 is 0. The highest BCUT2D eigenvalue weighted by molar-refractivity contribution is 5.96. The SMILES string of the molecule is O=C(C[C@H](Nc1ccc2ccccc2c1)c1ccncc1)c1ccccc1. The quantitative estimate of drug-likeness (QED) is 0.455.